The van der Waals surface area contributed by atoms with E-state index in [-0.39, 0.29) is 18.0 Å². The summed E-state index contributed by atoms with van der Waals surface area (Å²) in [5.41, 5.74) is 0.755. The number of hydrogen-bond acceptors (Lipinski definition) is 6. The number of carbonyl (C=O) groups is 1. The second-order valence-corrected chi connectivity index (χ2v) is 4.24. The second-order valence-electron chi connectivity index (χ2n) is 3.93. The van der Waals surface area contributed by atoms with Crippen molar-refractivity contribution in [1.82, 2.24) is 0 Å². The monoisotopic (exact) mass is 303 g/mol. The van der Waals surface area contributed by atoms with Gasteiger partial charge in [0.1, 0.15) is 0 Å². The Labute approximate surface area is 122 Å². The van der Waals surface area contributed by atoms with Crippen LogP contribution in [-0.4, -0.2) is 50.9 Å². The predicted molar refractivity (Wildman–Crippen MR) is 76.1 cm³/mol. The van der Waals surface area contributed by atoms with Gasteiger partial charge in [0.05, 0.1) is 44.6 Å². The first-order chi connectivity index (χ1) is 9.57. The highest BCUT2D eigenvalue weighted by Gasteiger charge is 2.17. The smallest absolute Gasteiger partial charge is 0.340 e. The Morgan fingerprint density at radius 1 is 1.30 bits per heavy atom. The molecular formula is C13H18ClNO5. The van der Waals surface area contributed by atoms with Gasteiger partial charge in [0.15, 0.2) is 11.5 Å². The Hall–Kier alpha value is -1.66. The SMILES string of the molecule is COC(=O)c1cc(OC)c(OC)cc1NCC(O)CCl. The molecule has 0 heterocycles. The molecule has 0 saturated carbocycles. The summed E-state index contributed by atoms with van der Waals surface area (Å²) in [5.74, 6) is 0.446. The van der Waals surface area contributed by atoms with E-state index >= 15 is 0 Å². The van der Waals surface area contributed by atoms with Crippen molar-refractivity contribution in [2.45, 2.75) is 6.10 Å². The minimum atomic E-state index is -0.727. The van der Waals surface area contributed by atoms with Gasteiger partial charge >= 0.3 is 5.97 Å². The first kappa shape index (κ1) is 16.4. The van der Waals surface area contributed by atoms with Crippen LogP contribution in [0.4, 0.5) is 5.69 Å². The molecule has 0 spiro atoms. The lowest BCUT2D eigenvalue weighted by Gasteiger charge is -2.16. The van der Waals surface area contributed by atoms with Crippen molar-refractivity contribution < 1.29 is 24.1 Å². The highest BCUT2D eigenvalue weighted by atomic mass is 35.5. The van der Waals surface area contributed by atoms with E-state index < -0.39 is 12.1 Å². The normalized spacial score (nSPS) is 11.7. The number of hydrogen-bond donors (Lipinski definition) is 2. The molecule has 1 atom stereocenters. The van der Waals surface area contributed by atoms with Crippen molar-refractivity contribution in [1.29, 1.82) is 0 Å². The Bertz CT molecular complexity index is 466. The molecule has 6 nitrogen and oxygen atoms in total. The number of alkyl halides is 1. The number of benzene rings is 1. The van der Waals surface area contributed by atoms with Gasteiger partial charge in [0.25, 0.3) is 0 Å². The Morgan fingerprint density at radius 2 is 1.90 bits per heavy atom. The van der Waals surface area contributed by atoms with E-state index in [1.165, 1.54) is 27.4 Å². The van der Waals surface area contributed by atoms with E-state index in [9.17, 15) is 9.90 Å². The number of ether oxygens (including phenoxy) is 3. The van der Waals surface area contributed by atoms with E-state index in [0.717, 1.165) is 0 Å². The number of aliphatic hydroxyl groups excluding tert-OH is 1. The zero-order valence-corrected chi connectivity index (χ0v) is 12.4. The van der Waals surface area contributed by atoms with Gasteiger partial charge in [-0.1, -0.05) is 0 Å². The summed E-state index contributed by atoms with van der Waals surface area (Å²) in [7, 11) is 4.26. The molecule has 0 aliphatic heterocycles. The Kier molecular flexibility index (Phi) is 6.41. The lowest BCUT2D eigenvalue weighted by molar-refractivity contribution is 0.0601. The standard InChI is InChI=1S/C13H18ClNO5/c1-18-11-4-9(13(17)20-3)10(5-12(11)19-2)15-7-8(16)6-14/h4-5,8,15-16H,6-7H2,1-3H3. The molecule has 0 bridgehead atoms. The Morgan fingerprint density at radius 3 is 2.40 bits per heavy atom. The summed E-state index contributed by atoms with van der Waals surface area (Å²) in [6.07, 6.45) is -0.727. The van der Waals surface area contributed by atoms with Gasteiger partial charge in [0.2, 0.25) is 0 Å². The number of rotatable bonds is 7. The number of methoxy groups -OCH3 is 3. The van der Waals surface area contributed by atoms with Crippen LogP contribution in [0.3, 0.4) is 0 Å². The Balaban J connectivity index is 3.13. The fraction of sp³-hybridized carbons (Fsp3) is 0.462. The average molecular weight is 304 g/mol. The number of carbonyl (C=O) groups excluding carboxylic acids is 1. The average Bonchev–Trinajstić information content (AvgIpc) is 2.50. The molecule has 0 saturated heterocycles. The summed E-state index contributed by atoms with van der Waals surface area (Å²) in [4.78, 5) is 11.8. The fourth-order valence-corrected chi connectivity index (χ4v) is 1.70. The number of halogens is 1. The van der Waals surface area contributed by atoms with Crippen LogP contribution in [-0.2, 0) is 4.74 Å². The molecule has 0 aliphatic rings. The van der Waals surface area contributed by atoms with Gasteiger partial charge in [-0.05, 0) is 0 Å². The lowest BCUT2D eigenvalue weighted by Crippen LogP contribution is -2.22. The molecule has 1 aromatic carbocycles. The maximum atomic E-state index is 11.8. The van der Waals surface area contributed by atoms with Crippen LogP contribution in [0.1, 0.15) is 10.4 Å². The molecule has 112 valence electrons. The topological polar surface area (TPSA) is 77.0 Å². The van der Waals surface area contributed by atoms with Gasteiger partial charge in [0, 0.05) is 18.7 Å². The maximum absolute atomic E-state index is 11.8. The van der Waals surface area contributed by atoms with Gasteiger partial charge in [-0.15, -0.1) is 11.6 Å². The highest BCUT2D eigenvalue weighted by Crippen LogP contribution is 2.33. The molecule has 20 heavy (non-hydrogen) atoms. The zero-order chi connectivity index (χ0) is 15.1. The molecule has 1 unspecified atom stereocenters. The number of esters is 1. The van der Waals surface area contributed by atoms with Gasteiger partial charge < -0.3 is 24.6 Å². The molecule has 0 amide bonds. The second kappa shape index (κ2) is 7.81. The molecule has 1 rings (SSSR count). The van der Waals surface area contributed by atoms with E-state index in [1.54, 1.807) is 6.07 Å². The molecule has 0 aromatic heterocycles. The van der Waals surface area contributed by atoms with E-state index in [4.69, 9.17) is 25.8 Å². The highest BCUT2D eigenvalue weighted by molar-refractivity contribution is 6.18. The molecule has 0 radical (unpaired) electrons. The van der Waals surface area contributed by atoms with Crippen LogP contribution < -0.4 is 14.8 Å². The van der Waals surface area contributed by atoms with Crippen LogP contribution in [0.25, 0.3) is 0 Å². The summed E-state index contributed by atoms with van der Waals surface area (Å²) in [6, 6.07) is 3.12. The van der Waals surface area contributed by atoms with Crippen LogP contribution in [0.5, 0.6) is 11.5 Å². The molecule has 1 aromatic rings. The zero-order valence-electron chi connectivity index (χ0n) is 11.6. The van der Waals surface area contributed by atoms with Crippen molar-refractivity contribution in [2.75, 3.05) is 39.1 Å². The van der Waals surface area contributed by atoms with Crippen LogP contribution in [0.15, 0.2) is 12.1 Å². The maximum Gasteiger partial charge on any atom is 0.340 e. The quantitative estimate of drug-likeness (QED) is 0.587. The van der Waals surface area contributed by atoms with Crippen molar-refractivity contribution in [3.05, 3.63) is 17.7 Å². The van der Waals surface area contributed by atoms with E-state index in [2.05, 4.69) is 5.32 Å². The molecular weight excluding hydrogens is 286 g/mol. The third-order valence-corrected chi connectivity index (χ3v) is 2.99. The van der Waals surface area contributed by atoms with Crippen molar-refractivity contribution >= 4 is 23.3 Å². The van der Waals surface area contributed by atoms with Gasteiger partial charge in [-0.2, -0.15) is 0 Å². The first-order valence-corrected chi connectivity index (χ1v) is 6.43. The number of nitrogens with one attached hydrogen (secondary N) is 1. The lowest BCUT2D eigenvalue weighted by atomic mass is 10.1. The molecule has 7 heteroatoms. The van der Waals surface area contributed by atoms with Crippen molar-refractivity contribution in [2.24, 2.45) is 0 Å². The van der Waals surface area contributed by atoms with E-state index in [1.807, 2.05) is 0 Å². The molecule has 0 fully saturated rings. The molecule has 0 aliphatic carbocycles. The van der Waals surface area contributed by atoms with Crippen molar-refractivity contribution in [3.63, 3.8) is 0 Å². The van der Waals surface area contributed by atoms with E-state index in [0.29, 0.717) is 17.2 Å². The summed E-state index contributed by atoms with van der Waals surface area (Å²) < 4.78 is 15.0. The largest absolute Gasteiger partial charge is 0.493 e. The minimum absolute atomic E-state index is 0.0911. The number of anilines is 1. The van der Waals surface area contributed by atoms with Gasteiger partial charge in [-0.3, -0.25) is 0 Å². The minimum Gasteiger partial charge on any atom is -0.493 e. The molecule has 2 N–H and O–H groups in total. The van der Waals surface area contributed by atoms with Crippen molar-refractivity contribution in [3.8, 4) is 11.5 Å². The fourth-order valence-electron chi connectivity index (χ4n) is 1.59. The van der Waals surface area contributed by atoms with Crippen LogP contribution in [0.2, 0.25) is 0 Å². The third-order valence-electron chi connectivity index (χ3n) is 2.64. The summed E-state index contributed by atoms with van der Waals surface area (Å²) in [6.45, 7) is 0.197. The summed E-state index contributed by atoms with van der Waals surface area (Å²) in [5, 5.41) is 12.4. The van der Waals surface area contributed by atoms with Crippen LogP contribution in [0, 0.1) is 0 Å². The summed E-state index contributed by atoms with van der Waals surface area (Å²) >= 11 is 5.53. The predicted octanol–water partition coefficient (Wildman–Crippen LogP) is 1.50. The number of aliphatic hydroxyl groups is 1. The van der Waals surface area contributed by atoms with Gasteiger partial charge in [-0.25, -0.2) is 4.79 Å². The first-order valence-electron chi connectivity index (χ1n) is 5.89. The van der Waals surface area contributed by atoms with Crippen LogP contribution >= 0.6 is 11.6 Å². The third kappa shape index (κ3) is 3.91.